The van der Waals surface area contributed by atoms with Gasteiger partial charge in [-0.1, -0.05) is 30.3 Å². The largest absolute Gasteiger partial charge is 0.495 e. The van der Waals surface area contributed by atoms with Crippen molar-refractivity contribution in [1.82, 2.24) is 4.90 Å². The van der Waals surface area contributed by atoms with Crippen LogP contribution in [0.25, 0.3) is 6.08 Å². The van der Waals surface area contributed by atoms with E-state index in [4.69, 9.17) is 15.2 Å². The van der Waals surface area contributed by atoms with Gasteiger partial charge in [-0.25, -0.2) is 0 Å². The molecule has 3 N–H and O–H groups in total. The van der Waals surface area contributed by atoms with Gasteiger partial charge in [0, 0.05) is 5.56 Å². The van der Waals surface area contributed by atoms with Crippen LogP contribution in [-0.2, 0) is 14.4 Å². The number of carbonyl (C=O) groups is 4. The van der Waals surface area contributed by atoms with Crippen molar-refractivity contribution < 1.29 is 28.7 Å². The Hall–Kier alpha value is -3.79. The van der Waals surface area contributed by atoms with Crippen molar-refractivity contribution in [3.63, 3.8) is 0 Å². The van der Waals surface area contributed by atoms with E-state index in [0.29, 0.717) is 34.5 Å². The number of carbonyl (C=O) groups excluding carboxylic acids is 4. The molecule has 10 heteroatoms. The number of methoxy groups -OCH3 is 1. The van der Waals surface area contributed by atoms with Gasteiger partial charge in [0.2, 0.25) is 5.91 Å². The average molecular weight is 441 g/mol. The van der Waals surface area contributed by atoms with E-state index in [2.05, 4.69) is 5.32 Å². The zero-order chi connectivity index (χ0) is 22.4. The van der Waals surface area contributed by atoms with E-state index < -0.39 is 29.5 Å². The molecule has 0 aliphatic carbocycles. The monoisotopic (exact) mass is 441 g/mol. The SMILES string of the molecule is COc1ccccc1NC(=O)CN1C(=O)S/C(=C/c2ccccc2OCC(N)=O)C1=O. The average Bonchev–Trinajstić information content (AvgIpc) is 3.00. The molecule has 160 valence electrons. The van der Waals surface area contributed by atoms with Crippen molar-refractivity contribution in [2.45, 2.75) is 0 Å². The number of amides is 4. The fraction of sp³-hybridized carbons (Fsp3) is 0.143. The number of primary amides is 1. The fourth-order valence-corrected chi connectivity index (χ4v) is 3.57. The number of anilines is 1. The predicted molar refractivity (Wildman–Crippen MR) is 115 cm³/mol. The Bertz CT molecular complexity index is 1070. The van der Waals surface area contributed by atoms with E-state index in [9.17, 15) is 19.2 Å². The summed E-state index contributed by atoms with van der Waals surface area (Å²) < 4.78 is 10.5. The summed E-state index contributed by atoms with van der Waals surface area (Å²) in [6.45, 7) is -0.769. The van der Waals surface area contributed by atoms with Crippen LogP contribution < -0.4 is 20.5 Å². The molecule has 0 aromatic heterocycles. The highest BCUT2D eigenvalue weighted by Gasteiger charge is 2.36. The lowest BCUT2D eigenvalue weighted by Crippen LogP contribution is -2.36. The van der Waals surface area contributed by atoms with Gasteiger partial charge in [0.15, 0.2) is 6.61 Å². The summed E-state index contributed by atoms with van der Waals surface area (Å²) in [6, 6.07) is 13.5. The lowest BCUT2D eigenvalue weighted by Gasteiger charge is -2.14. The van der Waals surface area contributed by atoms with Crippen molar-refractivity contribution in [2.75, 3.05) is 25.6 Å². The molecule has 1 aliphatic rings. The second-order valence-corrected chi connectivity index (χ2v) is 7.30. The van der Waals surface area contributed by atoms with Crippen LogP contribution in [0.2, 0.25) is 0 Å². The van der Waals surface area contributed by atoms with Crippen LogP contribution in [0.5, 0.6) is 11.5 Å². The third-order valence-corrected chi connectivity index (χ3v) is 5.04. The molecule has 0 bridgehead atoms. The van der Waals surface area contributed by atoms with Crippen LogP contribution in [0.3, 0.4) is 0 Å². The molecular weight excluding hydrogens is 422 g/mol. The number of para-hydroxylation sites is 3. The maximum atomic E-state index is 12.7. The number of hydrogen-bond acceptors (Lipinski definition) is 7. The maximum Gasteiger partial charge on any atom is 0.294 e. The molecule has 0 spiro atoms. The number of rotatable bonds is 8. The summed E-state index contributed by atoms with van der Waals surface area (Å²) in [5, 5.41) is 2.06. The van der Waals surface area contributed by atoms with Crippen molar-refractivity contribution >= 4 is 46.5 Å². The molecule has 1 heterocycles. The second-order valence-electron chi connectivity index (χ2n) is 6.31. The van der Waals surface area contributed by atoms with Gasteiger partial charge in [-0.05, 0) is 36.0 Å². The van der Waals surface area contributed by atoms with Gasteiger partial charge in [-0.15, -0.1) is 0 Å². The van der Waals surface area contributed by atoms with Gasteiger partial charge in [0.1, 0.15) is 18.0 Å². The van der Waals surface area contributed by atoms with Crippen molar-refractivity contribution in [2.24, 2.45) is 5.73 Å². The van der Waals surface area contributed by atoms with Crippen molar-refractivity contribution in [1.29, 1.82) is 0 Å². The molecule has 1 fully saturated rings. The normalized spacial score (nSPS) is 14.6. The number of hydrogen-bond donors (Lipinski definition) is 2. The molecule has 2 aromatic carbocycles. The molecule has 0 atom stereocenters. The summed E-state index contributed by atoms with van der Waals surface area (Å²) in [6.07, 6.45) is 1.47. The number of thioether (sulfide) groups is 1. The van der Waals surface area contributed by atoms with Crippen molar-refractivity contribution in [3.8, 4) is 11.5 Å². The molecule has 0 saturated carbocycles. The molecule has 2 aromatic rings. The predicted octanol–water partition coefficient (Wildman–Crippen LogP) is 2.23. The lowest BCUT2D eigenvalue weighted by atomic mass is 10.2. The molecule has 0 radical (unpaired) electrons. The first kappa shape index (κ1) is 21.9. The van der Waals surface area contributed by atoms with E-state index in [1.165, 1.54) is 13.2 Å². The van der Waals surface area contributed by atoms with Crippen LogP contribution in [0.15, 0.2) is 53.4 Å². The quantitative estimate of drug-likeness (QED) is 0.601. The van der Waals surface area contributed by atoms with E-state index >= 15 is 0 Å². The van der Waals surface area contributed by atoms with Crippen LogP contribution in [-0.4, -0.2) is 48.1 Å². The van der Waals surface area contributed by atoms with Crippen LogP contribution in [0.4, 0.5) is 10.5 Å². The van der Waals surface area contributed by atoms with Gasteiger partial charge >= 0.3 is 0 Å². The highest BCUT2D eigenvalue weighted by atomic mass is 32.2. The number of ether oxygens (including phenoxy) is 2. The Morgan fingerprint density at radius 3 is 2.48 bits per heavy atom. The van der Waals surface area contributed by atoms with Crippen LogP contribution >= 0.6 is 11.8 Å². The topological polar surface area (TPSA) is 128 Å². The van der Waals surface area contributed by atoms with E-state index in [1.807, 2.05) is 0 Å². The Kier molecular flexibility index (Phi) is 6.93. The van der Waals surface area contributed by atoms with E-state index in [0.717, 1.165) is 4.90 Å². The Morgan fingerprint density at radius 1 is 1.10 bits per heavy atom. The molecule has 0 unspecified atom stereocenters. The first-order chi connectivity index (χ1) is 14.9. The van der Waals surface area contributed by atoms with Gasteiger partial charge in [0.05, 0.1) is 17.7 Å². The van der Waals surface area contributed by atoms with Crippen molar-refractivity contribution in [3.05, 3.63) is 59.0 Å². The zero-order valence-electron chi connectivity index (χ0n) is 16.5. The van der Waals surface area contributed by atoms with E-state index in [1.54, 1.807) is 48.5 Å². The van der Waals surface area contributed by atoms with Gasteiger partial charge in [-0.3, -0.25) is 24.1 Å². The first-order valence-corrected chi connectivity index (χ1v) is 9.89. The summed E-state index contributed by atoms with van der Waals surface area (Å²) in [5.74, 6) is -0.997. The minimum atomic E-state index is -0.642. The summed E-state index contributed by atoms with van der Waals surface area (Å²) >= 11 is 0.712. The minimum absolute atomic E-state index is 0.130. The van der Waals surface area contributed by atoms with Gasteiger partial charge < -0.3 is 20.5 Å². The number of imide groups is 1. The maximum absolute atomic E-state index is 12.7. The van der Waals surface area contributed by atoms with Gasteiger partial charge in [0.25, 0.3) is 17.1 Å². The standard InChI is InChI=1S/C21H19N3O6S/c1-29-16-9-5-3-7-14(16)23-19(26)11-24-20(27)17(31-21(24)28)10-13-6-2-4-8-15(13)30-12-18(22)25/h2-10H,11-12H2,1H3,(H2,22,25)(H,23,26)/b17-10+. The summed E-state index contributed by atoms with van der Waals surface area (Å²) in [5.41, 5.74) is 6.02. The highest BCUT2D eigenvalue weighted by molar-refractivity contribution is 8.18. The third kappa shape index (κ3) is 5.43. The first-order valence-electron chi connectivity index (χ1n) is 9.07. The molecule has 1 saturated heterocycles. The third-order valence-electron chi connectivity index (χ3n) is 4.13. The highest BCUT2D eigenvalue weighted by Crippen LogP contribution is 2.34. The molecule has 4 amide bonds. The second kappa shape index (κ2) is 9.81. The molecule has 31 heavy (non-hydrogen) atoms. The fourth-order valence-electron chi connectivity index (χ4n) is 2.74. The molecule has 9 nitrogen and oxygen atoms in total. The summed E-state index contributed by atoms with van der Waals surface area (Å²) in [4.78, 5) is 49.4. The molecule has 1 aliphatic heterocycles. The zero-order valence-corrected chi connectivity index (χ0v) is 17.3. The molecule has 3 rings (SSSR count). The number of nitrogens with zero attached hydrogens (tertiary/aromatic N) is 1. The lowest BCUT2D eigenvalue weighted by molar-refractivity contribution is -0.127. The number of benzene rings is 2. The van der Waals surface area contributed by atoms with Gasteiger partial charge in [-0.2, -0.15) is 0 Å². The number of nitrogens with one attached hydrogen (secondary N) is 1. The number of nitrogens with two attached hydrogens (primary N) is 1. The smallest absolute Gasteiger partial charge is 0.294 e. The van der Waals surface area contributed by atoms with Crippen LogP contribution in [0.1, 0.15) is 5.56 Å². The summed E-state index contributed by atoms with van der Waals surface area (Å²) in [7, 11) is 1.47. The van der Waals surface area contributed by atoms with E-state index in [-0.39, 0.29) is 11.5 Å². The molecular formula is C21H19N3O6S. The Morgan fingerprint density at radius 2 is 1.77 bits per heavy atom. The Balaban J connectivity index is 1.72. The van der Waals surface area contributed by atoms with Crippen LogP contribution in [0, 0.1) is 0 Å². The minimum Gasteiger partial charge on any atom is -0.495 e. The Labute approximate surface area is 182 Å².